The lowest BCUT2D eigenvalue weighted by atomic mass is 9.95. The van der Waals surface area contributed by atoms with Crippen LogP contribution in [0.2, 0.25) is 5.02 Å². The summed E-state index contributed by atoms with van der Waals surface area (Å²) >= 11 is 6.30. The number of hydrogen-bond acceptors (Lipinski definition) is 7. The Morgan fingerprint density at radius 1 is 1.05 bits per heavy atom. The number of fused-ring (bicyclic) bond motifs is 3. The van der Waals surface area contributed by atoms with E-state index in [1.165, 1.54) is 25.2 Å². The van der Waals surface area contributed by atoms with Gasteiger partial charge in [0.05, 0.1) is 23.5 Å². The van der Waals surface area contributed by atoms with E-state index in [4.69, 9.17) is 22.3 Å². The van der Waals surface area contributed by atoms with Crippen molar-refractivity contribution in [1.82, 2.24) is 20.2 Å². The summed E-state index contributed by atoms with van der Waals surface area (Å²) in [4.78, 5) is 40.4. The van der Waals surface area contributed by atoms with Gasteiger partial charge in [0.2, 0.25) is 11.9 Å². The van der Waals surface area contributed by atoms with Crippen molar-refractivity contribution in [2.24, 2.45) is 10.7 Å². The Hall–Kier alpha value is -4.74. The molecule has 0 aliphatic carbocycles. The summed E-state index contributed by atoms with van der Waals surface area (Å²) in [6, 6.07) is 15.5. The van der Waals surface area contributed by atoms with Crippen LogP contribution in [-0.2, 0) is 11.3 Å². The monoisotopic (exact) mass is 617 g/mol. The summed E-state index contributed by atoms with van der Waals surface area (Å²) in [5, 5.41) is 6.09. The van der Waals surface area contributed by atoms with Crippen LogP contribution in [0.3, 0.4) is 0 Å². The zero-order chi connectivity index (χ0) is 30.3. The van der Waals surface area contributed by atoms with Crippen LogP contribution in [0.15, 0.2) is 71.9 Å². The minimum Gasteiger partial charge on any atom is -0.358 e. The van der Waals surface area contributed by atoms with Gasteiger partial charge in [0.1, 0.15) is 17.2 Å². The number of nitrogens with one attached hydrogen (secondary N) is 2. The van der Waals surface area contributed by atoms with E-state index >= 15 is 0 Å². The molecule has 2 amide bonds. The molecular weight excluding hydrogens is 588 g/mol. The van der Waals surface area contributed by atoms with Gasteiger partial charge in [-0.3, -0.25) is 14.6 Å². The third-order valence-corrected chi connectivity index (χ3v) is 7.85. The number of halogens is 3. The van der Waals surface area contributed by atoms with Crippen LogP contribution < -0.4 is 16.4 Å². The van der Waals surface area contributed by atoms with E-state index in [9.17, 15) is 18.4 Å². The van der Waals surface area contributed by atoms with Crippen LogP contribution in [0.5, 0.6) is 0 Å². The maximum absolute atomic E-state index is 14.8. The van der Waals surface area contributed by atoms with Gasteiger partial charge in [-0.1, -0.05) is 31.2 Å². The number of aromatic nitrogens is 2. The Labute approximate surface area is 258 Å². The Balaban J connectivity index is 0.00000384. The van der Waals surface area contributed by atoms with Gasteiger partial charge in [0.25, 0.3) is 5.91 Å². The van der Waals surface area contributed by atoms with Gasteiger partial charge in [-0.05, 0) is 55.0 Å². The van der Waals surface area contributed by atoms with Crippen molar-refractivity contribution in [2.45, 2.75) is 25.9 Å². The lowest BCUT2D eigenvalue weighted by Gasteiger charge is -2.22. The minimum atomic E-state index is -1.10. The molecule has 1 aromatic heterocycles. The first-order valence-electron chi connectivity index (χ1n) is 13.5. The van der Waals surface area contributed by atoms with Gasteiger partial charge in [-0.2, -0.15) is 0 Å². The first-order valence-corrected chi connectivity index (χ1v) is 13.9. The van der Waals surface area contributed by atoms with Crippen molar-refractivity contribution in [1.29, 1.82) is 0 Å². The fraction of sp³-hybridized carbons (Fsp3) is 0.219. The molecule has 0 radical (unpaired) electrons. The maximum Gasteiger partial charge on any atom is 0.253 e. The Morgan fingerprint density at radius 3 is 2.48 bits per heavy atom. The summed E-state index contributed by atoms with van der Waals surface area (Å²) in [5.41, 5.74) is 8.34. The van der Waals surface area contributed by atoms with Crippen LogP contribution >= 0.6 is 11.6 Å². The lowest BCUT2D eigenvalue weighted by molar-refractivity contribution is -0.125. The van der Waals surface area contributed by atoms with Crippen LogP contribution in [0.4, 0.5) is 20.4 Å². The summed E-state index contributed by atoms with van der Waals surface area (Å²) in [5.74, 6) is -1.70. The molecule has 3 aromatic carbocycles. The number of likely N-dealkylation sites (N-methyl/N-ethyl adjacent to an activating group) is 1. The van der Waals surface area contributed by atoms with E-state index in [0.717, 1.165) is 0 Å². The number of hydrogen-bond donors (Lipinski definition) is 3. The van der Waals surface area contributed by atoms with E-state index in [1.54, 1.807) is 53.6 Å². The van der Waals surface area contributed by atoms with Crippen LogP contribution in [0, 0.1) is 11.6 Å². The molecule has 6 rings (SSSR count). The van der Waals surface area contributed by atoms with E-state index in [0.29, 0.717) is 51.6 Å². The summed E-state index contributed by atoms with van der Waals surface area (Å²) in [6.45, 7) is 0.617. The van der Waals surface area contributed by atoms with Gasteiger partial charge in [0.15, 0.2) is 0 Å². The van der Waals surface area contributed by atoms with Gasteiger partial charge < -0.3 is 21.3 Å². The van der Waals surface area contributed by atoms with Crippen molar-refractivity contribution in [3.63, 3.8) is 0 Å². The molecule has 4 N–H and O–H groups in total. The highest BCUT2D eigenvalue weighted by Crippen LogP contribution is 2.35. The molecule has 3 heterocycles. The Kier molecular flexibility index (Phi) is 8.44. The van der Waals surface area contributed by atoms with Gasteiger partial charge in [-0.15, -0.1) is 0 Å². The first-order chi connectivity index (χ1) is 20.7. The van der Waals surface area contributed by atoms with Crippen molar-refractivity contribution in [3.05, 3.63) is 106 Å². The first kappa shape index (κ1) is 30.7. The predicted molar refractivity (Wildman–Crippen MR) is 166 cm³/mol. The fourth-order valence-corrected chi connectivity index (χ4v) is 5.54. The summed E-state index contributed by atoms with van der Waals surface area (Å²) < 4.78 is 29.6. The molecule has 226 valence electrons. The zero-order valence-electron chi connectivity index (χ0n) is 23.0. The average molecular weight is 618 g/mol. The molecule has 12 heteroatoms. The van der Waals surface area contributed by atoms with E-state index in [2.05, 4.69) is 20.6 Å². The second kappa shape index (κ2) is 12.1. The number of nitrogens with two attached hydrogens (primary N) is 1. The fourth-order valence-electron chi connectivity index (χ4n) is 5.37. The summed E-state index contributed by atoms with van der Waals surface area (Å²) in [6.07, 6.45) is 1.99. The highest BCUT2D eigenvalue weighted by Gasteiger charge is 2.42. The molecule has 2 aliphatic heterocycles. The number of benzene rings is 3. The number of amides is 2. The molecule has 4 aromatic rings. The SMILES string of the molecule is C.CNC(=O)C1(N)CCN(C(=O)c2ccc(Nc3ncc4c(n3)-c3ccc(Cl)cc3C(c3c(F)cccc3F)=NC4)cc2)C1. The maximum atomic E-state index is 14.8. The predicted octanol–water partition coefficient (Wildman–Crippen LogP) is 5.10. The normalized spacial score (nSPS) is 17.0. The van der Waals surface area contributed by atoms with Crippen LogP contribution in [0.1, 0.15) is 40.9 Å². The molecule has 2 aliphatic rings. The third-order valence-electron chi connectivity index (χ3n) is 7.62. The largest absolute Gasteiger partial charge is 0.358 e. The van der Waals surface area contributed by atoms with Crippen molar-refractivity contribution in [3.8, 4) is 11.3 Å². The van der Waals surface area contributed by atoms with Crippen molar-refractivity contribution < 1.29 is 18.4 Å². The molecule has 0 spiro atoms. The summed E-state index contributed by atoms with van der Waals surface area (Å²) in [7, 11) is 1.52. The number of aliphatic imine (C=N–C) groups is 1. The van der Waals surface area contributed by atoms with Crippen LogP contribution in [-0.4, -0.2) is 58.1 Å². The molecule has 1 fully saturated rings. The number of carbonyl (C=O) groups is 2. The minimum absolute atomic E-state index is 0. The second-order valence-electron chi connectivity index (χ2n) is 10.4. The highest BCUT2D eigenvalue weighted by atomic mass is 35.5. The topological polar surface area (TPSA) is 126 Å². The van der Waals surface area contributed by atoms with E-state index in [1.807, 2.05) is 0 Å². The van der Waals surface area contributed by atoms with Gasteiger partial charge in [0, 0.05) is 59.3 Å². The molecular formula is C32H30ClF2N7O2. The lowest BCUT2D eigenvalue weighted by Crippen LogP contribution is -2.55. The number of likely N-dealkylation sites (tertiary alicyclic amines) is 1. The average Bonchev–Trinajstić information content (AvgIpc) is 3.34. The Bertz CT molecular complexity index is 1780. The van der Waals surface area contributed by atoms with Gasteiger partial charge in [-0.25, -0.2) is 18.7 Å². The van der Waals surface area contributed by atoms with E-state index in [-0.39, 0.29) is 49.6 Å². The highest BCUT2D eigenvalue weighted by molar-refractivity contribution is 6.31. The number of anilines is 2. The zero-order valence-corrected chi connectivity index (χ0v) is 23.8. The van der Waals surface area contributed by atoms with Crippen molar-refractivity contribution >= 4 is 40.8 Å². The molecule has 1 saturated heterocycles. The quantitative estimate of drug-likeness (QED) is 0.286. The van der Waals surface area contributed by atoms with Gasteiger partial charge >= 0.3 is 0 Å². The standard InChI is InChI=1S/C31H26ClF2N7O2.CH4/c1-36-29(43)31(35)11-12-41(16-31)28(42)17-5-8-20(9-6-17)39-30-38-15-18-14-37-27(25-23(33)3-2-4-24(25)34)22-13-19(32)7-10-21(22)26(18)40-30;/h2-10,13,15H,11-12,14,16,35H2,1H3,(H,36,43)(H,38,39,40);1H4. The Morgan fingerprint density at radius 2 is 1.77 bits per heavy atom. The molecule has 0 saturated carbocycles. The number of carbonyl (C=O) groups excluding carboxylic acids is 2. The van der Waals surface area contributed by atoms with Crippen LogP contribution in [0.25, 0.3) is 11.3 Å². The molecule has 9 nitrogen and oxygen atoms in total. The third kappa shape index (κ3) is 5.63. The number of nitrogens with zero attached hydrogens (tertiary/aromatic N) is 4. The number of rotatable bonds is 5. The smallest absolute Gasteiger partial charge is 0.253 e. The second-order valence-corrected chi connectivity index (χ2v) is 10.9. The van der Waals surface area contributed by atoms with E-state index < -0.39 is 17.2 Å². The molecule has 0 bridgehead atoms. The molecule has 1 unspecified atom stereocenters. The molecule has 1 atom stereocenters. The molecule has 44 heavy (non-hydrogen) atoms. The van der Waals surface area contributed by atoms with Crippen molar-refractivity contribution in [2.75, 3.05) is 25.5 Å².